The van der Waals surface area contributed by atoms with E-state index in [1.165, 1.54) is 4.90 Å². The number of amides is 1. The van der Waals surface area contributed by atoms with E-state index >= 15 is 0 Å². The van der Waals surface area contributed by atoms with Gasteiger partial charge in [0.15, 0.2) is 0 Å². The van der Waals surface area contributed by atoms with Crippen molar-refractivity contribution in [1.82, 2.24) is 4.98 Å². The molecule has 4 rings (SSSR count). The van der Waals surface area contributed by atoms with Gasteiger partial charge in [0.1, 0.15) is 17.3 Å². The second-order valence-electron chi connectivity index (χ2n) is 9.77. The monoisotopic (exact) mass is 500 g/mol. The first-order chi connectivity index (χ1) is 17.7. The number of carbonyl (C=O) groups is 2. The lowest BCUT2D eigenvalue weighted by atomic mass is 9.84. The molecule has 1 saturated heterocycles. The van der Waals surface area contributed by atoms with E-state index in [0.717, 1.165) is 5.56 Å². The molecule has 1 fully saturated rings. The Morgan fingerprint density at radius 1 is 0.973 bits per heavy atom. The summed E-state index contributed by atoms with van der Waals surface area (Å²) in [5.41, 5.74) is 2.21. The first kappa shape index (κ1) is 25.9. The summed E-state index contributed by atoms with van der Waals surface area (Å²) in [4.78, 5) is 32.4. The zero-order chi connectivity index (χ0) is 26.7. The summed E-state index contributed by atoms with van der Waals surface area (Å²) in [7, 11) is 0. The number of anilines is 1. The van der Waals surface area contributed by atoms with Gasteiger partial charge in [0, 0.05) is 35.3 Å². The van der Waals surface area contributed by atoms with Gasteiger partial charge in [0.25, 0.3) is 11.7 Å². The van der Waals surface area contributed by atoms with Gasteiger partial charge in [-0.2, -0.15) is 0 Å². The molecule has 1 aliphatic heterocycles. The van der Waals surface area contributed by atoms with Crippen molar-refractivity contribution in [1.29, 1.82) is 0 Å². The van der Waals surface area contributed by atoms with Crippen molar-refractivity contribution in [3.8, 4) is 11.5 Å². The van der Waals surface area contributed by atoms with Gasteiger partial charge in [-0.1, -0.05) is 26.8 Å². The molecule has 1 aliphatic rings. The lowest BCUT2D eigenvalue weighted by Gasteiger charge is -2.26. The number of ether oxygens (including phenoxy) is 2. The van der Waals surface area contributed by atoms with Crippen molar-refractivity contribution < 1.29 is 24.2 Å². The molecule has 0 spiro atoms. The van der Waals surface area contributed by atoms with Crippen LogP contribution in [-0.2, 0) is 15.0 Å². The van der Waals surface area contributed by atoms with Crippen molar-refractivity contribution in [2.45, 2.75) is 46.1 Å². The molecule has 0 bridgehead atoms. The molecule has 7 heteroatoms. The number of rotatable bonds is 7. The van der Waals surface area contributed by atoms with Gasteiger partial charge in [-0.05, 0) is 67.3 Å². The topological polar surface area (TPSA) is 89.0 Å². The van der Waals surface area contributed by atoms with Crippen LogP contribution in [0.1, 0.15) is 57.4 Å². The van der Waals surface area contributed by atoms with E-state index in [-0.39, 0.29) is 16.7 Å². The minimum absolute atomic E-state index is 0.0158. The number of benzene rings is 2. The Hall–Kier alpha value is -4.13. The molecule has 2 heterocycles. The number of aliphatic hydroxyl groups is 1. The molecular formula is C30H32N2O5. The van der Waals surface area contributed by atoms with E-state index in [2.05, 4.69) is 25.8 Å². The fraction of sp³-hybridized carbons (Fsp3) is 0.300. The molecule has 1 unspecified atom stereocenters. The van der Waals surface area contributed by atoms with E-state index in [0.29, 0.717) is 41.5 Å². The van der Waals surface area contributed by atoms with Crippen molar-refractivity contribution in [3.63, 3.8) is 0 Å². The first-order valence-corrected chi connectivity index (χ1v) is 12.4. The summed E-state index contributed by atoms with van der Waals surface area (Å²) in [5, 5.41) is 11.6. The van der Waals surface area contributed by atoms with E-state index < -0.39 is 17.7 Å². The van der Waals surface area contributed by atoms with E-state index in [9.17, 15) is 14.7 Å². The number of Topliss-reactive ketones (excluding diaryl/α,β-unsaturated/α-hetero) is 1. The Labute approximate surface area is 217 Å². The van der Waals surface area contributed by atoms with Crippen molar-refractivity contribution in [2.75, 3.05) is 18.1 Å². The molecule has 1 aromatic heterocycles. The Bertz CT molecular complexity index is 1340. The van der Waals surface area contributed by atoms with Gasteiger partial charge in [-0.15, -0.1) is 0 Å². The van der Waals surface area contributed by atoms with Crippen LogP contribution in [0, 0.1) is 0 Å². The maximum Gasteiger partial charge on any atom is 0.300 e. The SMILES string of the molecule is CCOc1cccc(N2C(=O)C(=O)/C(=C(\O)c3ccc(OCC)c(C(C)(C)C)c3)C2c2ccncc2)c1. The summed E-state index contributed by atoms with van der Waals surface area (Å²) in [6.07, 6.45) is 3.20. The maximum atomic E-state index is 13.5. The van der Waals surface area contributed by atoms with E-state index in [1.807, 2.05) is 19.9 Å². The van der Waals surface area contributed by atoms with Crippen LogP contribution in [0.3, 0.4) is 0 Å². The summed E-state index contributed by atoms with van der Waals surface area (Å²) in [5.74, 6) is -0.425. The Kier molecular flexibility index (Phi) is 7.34. The number of hydrogen-bond donors (Lipinski definition) is 1. The van der Waals surface area contributed by atoms with Crippen LogP contribution in [0.15, 0.2) is 72.6 Å². The maximum absolute atomic E-state index is 13.5. The van der Waals surface area contributed by atoms with Crippen LogP contribution < -0.4 is 14.4 Å². The molecule has 1 atom stereocenters. The van der Waals surface area contributed by atoms with Gasteiger partial charge in [0.2, 0.25) is 0 Å². The zero-order valence-corrected chi connectivity index (χ0v) is 21.8. The van der Waals surface area contributed by atoms with Crippen molar-refractivity contribution >= 4 is 23.1 Å². The van der Waals surface area contributed by atoms with Gasteiger partial charge in [0.05, 0.1) is 24.8 Å². The molecule has 1 N–H and O–H groups in total. The predicted molar refractivity (Wildman–Crippen MR) is 143 cm³/mol. The van der Waals surface area contributed by atoms with Crippen LogP contribution in [0.2, 0.25) is 0 Å². The zero-order valence-electron chi connectivity index (χ0n) is 21.8. The normalized spacial score (nSPS) is 17.2. The molecule has 2 aromatic carbocycles. The van der Waals surface area contributed by atoms with Gasteiger partial charge in [-0.3, -0.25) is 19.5 Å². The highest BCUT2D eigenvalue weighted by Crippen LogP contribution is 2.43. The largest absolute Gasteiger partial charge is 0.507 e. The molecule has 7 nitrogen and oxygen atoms in total. The fourth-order valence-electron chi connectivity index (χ4n) is 4.55. The third-order valence-corrected chi connectivity index (χ3v) is 6.23. The van der Waals surface area contributed by atoms with E-state index in [1.54, 1.807) is 60.9 Å². The van der Waals surface area contributed by atoms with Crippen molar-refractivity contribution in [3.05, 3.63) is 89.3 Å². The molecule has 0 saturated carbocycles. The minimum Gasteiger partial charge on any atom is -0.507 e. The quantitative estimate of drug-likeness (QED) is 0.250. The van der Waals surface area contributed by atoms with Crippen LogP contribution in [0.4, 0.5) is 5.69 Å². The minimum atomic E-state index is -0.843. The molecule has 37 heavy (non-hydrogen) atoms. The smallest absolute Gasteiger partial charge is 0.300 e. The second-order valence-corrected chi connectivity index (χ2v) is 9.77. The summed E-state index contributed by atoms with van der Waals surface area (Å²) >= 11 is 0. The highest BCUT2D eigenvalue weighted by atomic mass is 16.5. The van der Waals surface area contributed by atoms with Crippen LogP contribution in [0.5, 0.6) is 11.5 Å². The number of aromatic nitrogens is 1. The summed E-state index contributed by atoms with van der Waals surface area (Å²) in [6.45, 7) is 10.9. The number of carbonyl (C=O) groups excluding carboxylic acids is 2. The Balaban J connectivity index is 1.92. The number of hydrogen-bond acceptors (Lipinski definition) is 6. The van der Waals surface area contributed by atoms with Gasteiger partial charge in [-0.25, -0.2) is 0 Å². The van der Waals surface area contributed by atoms with Crippen LogP contribution in [0.25, 0.3) is 5.76 Å². The lowest BCUT2D eigenvalue weighted by molar-refractivity contribution is -0.132. The molecule has 0 aliphatic carbocycles. The van der Waals surface area contributed by atoms with Gasteiger partial charge >= 0.3 is 0 Å². The molecule has 1 amide bonds. The average Bonchev–Trinajstić information content (AvgIpc) is 3.14. The molecular weight excluding hydrogens is 468 g/mol. The Morgan fingerprint density at radius 3 is 2.32 bits per heavy atom. The fourth-order valence-corrected chi connectivity index (χ4v) is 4.55. The van der Waals surface area contributed by atoms with Crippen LogP contribution >= 0.6 is 0 Å². The summed E-state index contributed by atoms with van der Waals surface area (Å²) in [6, 6.07) is 15.0. The summed E-state index contributed by atoms with van der Waals surface area (Å²) < 4.78 is 11.4. The highest BCUT2D eigenvalue weighted by Gasteiger charge is 2.47. The third kappa shape index (κ3) is 5.07. The first-order valence-electron chi connectivity index (χ1n) is 12.4. The number of aliphatic hydroxyl groups excluding tert-OH is 1. The van der Waals surface area contributed by atoms with Crippen molar-refractivity contribution in [2.24, 2.45) is 0 Å². The predicted octanol–water partition coefficient (Wildman–Crippen LogP) is 5.80. The standard InChI is InChI=1S/C30H32N2O5/c1-6-36-22-10-8-9-21(18-22)32-26(19-13-15-31-16-14-19)25(28(34)29(32)35)27(33)20-11-12-24(37-7-2)23(17-20)30(3,4)5/h8-18,26,33H,6-7H2,1-5H3/b27-25-. The highest BCUT2D eigenvalue weighted by molar-refractivity contribution is 6.51. The number of nitrogens with zero attached hydrogens (tertiary/aromatic N) is 2. The molecule has 3 aromatic rings. The number of pyridine rings is 1. The third-order valence-electron chi connectivity index (χ3n) is 6.23. The lowest BCUT2D eigenvalue weighted by Crippen LogP contribution is -2.29. The molecule has 192 valence electrons. The second kappa shape index (κ2) is 10.5. The average molecular weight is 501 g/mol. The van der Waals surface area contributed by atoms with Gasteiger partial charge < -0.3 is 14.6 Å². The Morgan fingerprint density at radius 2 is 1.68 bits per heavy atom. The molecule has 0 radical (unpaired) electrons. The van der Waals surface area contributed by atoms with E-state index in [4.69, 9.17) is 9.47 Å². The number of ketones is 1. The van der Waals surface area contributed by atoms with Crippen LogP contribution in [-0.4, -0.2) is 35.0 Å².